The summed E-state index contributed by atoms with van der Waals surface area (Å²) in [6.45, 7) is 3.65. The fourth-order valence-electron chi connectivity index (χ4n) is 3.45. The maximum atomic E-state index is 12.1. The van der Waals surface area contributed by atoms with Crippen LogP contribution in [0, 0.1) is 5.21 Å². The molecule has 0 aromatic carbocycles. The van der Waals surface area contributed by atoms with Crippen LogP contribution in [0.3, 0.4) is 0 Å². The number of aliphatic hydroxyl groups is 1. The lowest BCUT2D eigenvalue weighted by atomic mass is 9.92. The zero-order chi connectivity index (χ0) is 16.4. The van der Waals surface area contributed by atoms with Crippen molar-refractivity contribution in [1.82, 2.24) is 0 Å². The summed E-state index contributed by atoms with van der Waals surface area (Å²) < 4.78 is 0. The summed E-state index contributed by atoms with van der Waals surface area (Å²) in [5.74, 6) is 0.300. The molecule has 1 rings (SSSR count). The van der Waals surface area contributed by atoms with E-state index in [2.05, 4.69) is 0 Å². The molecule has 22 heavy (non-hydrogen) atoms. The number of hydrogen-bond donors (Lipinski definition) is 2. The van der Waals surface area contributed by atoms with Gasteiger partial charge in [-0.05, 0) is 33.1 Å². The van der Waals surface area contributed by atoms with E-state index in [1.54, 1.807) is 6.92 Å². The van der Waals surface area contributed by atoms with Gasteiger partial charge in [0.15, 0.2) is 0 Å². The second kappa shape index (κ2) is 11.1. The van der Waals surface area contributed by atoms with E-state index in [1.165, 1.54) is 38.5 Å². The Kier molecular flexibility index (Phi) is 9.92. The lowest BCUT2D eigenvalue weighted by molar-refractivity contribution is -0.910. The van der Waals surface area contributed by atoms with Crippen molar-refractivity contribution in [1.29, 1.82) is 0 Å². The molecule has 0 amide bonds. The molecular weight excluding hydrogens is 278 g/mol. The van der Waals surface area contributed by atoms with E-state index in [0.29, 0.717) is 5.78 Å². The molecule has 0 aromatic heterocycles. The molecule has 1 aliphatic rings. The molecule has 0 aliphatic carbocycles. The molecule has 4 unspecified atom stereocenters. The highest BCUT2D eigenvalue weighted by Gasteiger charge is 2.32. The molecule has 0 radical (unpaired) electrons. The maximum absolute atomic E-state index is 12.1. The fourth-order valence-corrected chi connectivity index (χ4v) is 3.45. The van der Waals surface area contributed by atoms with Gasteiger partial charge >= 0.3 is 0 Å². The molecule has 1 saturated heterocycles. The van der Waals surface area contributed by atoms with Crippen LogP contribution in [0.15, 0.2) is 0 Å². The highest BCUT2D eigenvalue weighted by Crippen LogP contribution is 2.16. The quantitative estimate of drug-likeness (QED) is 0.455. The van der Waals surface area contributed by atoms with Crippen molar-refractivity contribution in [3.8, 4) is 0 Å². The van der Waals surface area contributed by atoms with Gasteiger partial charge in [0.25, 0.3) is 0 Å². The molecule has 4 nitrogen and oxygen atoms in total. The Balaban J connectivity index is 1.95. The average molecular weight is 313 g/mol. The molecule has 0 saturated carbocycles. The molecule has 0 aromatic rings. The second-order valence-corrected chi connectivity index (χ2v) is 7.12. The van der Waals surface area contributed by atoms with Crippen LogP contribution in [0.1, 0.15) is 90.9 Å². The molecule has 2 N–H and O–H groups in total. The van der Waals surface area contributed by atoms with Crippen LogP contribution < -0.4 is 5.06 Å². The minimum atomic E-state index is -0.398. The third kappa shape index (κ3) is 7.70. The molecule has 0 bridgehead atoms. The predicted octanol–water partition coefficient (Wildman–Crippen LogP) is 2.77. The Hall–Kier alpha value is -0.450. The van der Waals surface area contributed by atoms with E-state index >= 15 is 0 Å². The minimum Gasteiger partial charge on any atom is -0.634 e. The number of piperidine rings is 1. The van der Waals surface area contributed by atoms with Crippen LogP contribution in [0.4, 0.5) is 0 Å². The summed E-state index contributed by atoms with van der Waals surface area (Å²) in [7, 11) is 0. The van der Waals surface area contributed by atoms with Crippen LogP contribution in [-0.4, -0.2) is 29.1 Å². The summed E-state index contributed by atoms with van der Waals surface area (Å²) >= 11 is 0. The summed E-state index contributed by atoms with van der Waals surface area (Å²) in [5.41, 5.74) is 0. The van der Waals surface area contributed by atoms with Gasteiger partial charge in [-0.2, -0.15) is 0 Å². The number of hydroxylamine groups is 2. The smallest absolute Gasteiger partial charge is 0.129 e. The third-order valence-corrected chi connectivity index (χ3v) is 5.01. The second-order valence-electron chi connectivity index (χ2n) is 7.12. The molecule has 1 heterocycles. The third-order valence-electron chi connectivity index (χ3n) is 5.01. The van der Waals surface area contributed by atoms with Gasteiger partial charge in [0.2, 0.25) is 0 Å². The van der Waals surface area contributed by atoms with Crippen molar-refractivity contribution in [3.63, 3.8) is 0 Å². The topological polar surface area (TPSA) is 64.8 Å². The molecule has 0 spiro atoms. The highest BCUT2D eigenvalue weighted by atomic mass is 16.5. The first kappa shape index (κ1) is 19.6. The Morgan fingerprint density at radius 1 is 1.05 bits per heavy atom. The van der Waals surface area contributed by atoms with Crippen molar-refractivity contribution >= 4 is 5.78 Å². The van der Waals surface area contributed by atoms with E-state index < -0.39 is 6.10 Å². The molecule has 130 valence electrons. The summed E-state index contributed by atoms with van der Waals surface area (Å²) in [6.07, 6.45) is 12.2. The van der Waals surface area contributed by atoms with E-state index in [4.69, 9.17) is 0 Å². The van der Waals surface area contributed by atoms with Crippen LogP contribution in [0.5, 0.6) is 0 Å². The van der Waals surface area contributed by atoms with E-state index in [1.807, 2.05) is 6.92 Å². The van der Waals surface area contributed by atoms with Crippen molar-refractivity contribution in [3.05, 3.63) is 5.21 Å². The van der Waals surface area contributed by atoms with Crippen molar-refractivity contribution in [2.75, 3.05) is 0 Å². The number of nitrogens with one attached hydrogen (secondary N) is 1. The van der Waals surface area contributed by atoms with E-state index in [9.17, 15) is 15.1 Å². The first-order chi connectivity index (χ1) is 10.5. The summed E-state index contributed by atoms with van der Waals surface area (Å²) in [4.78, 5) is 10.8. The van der Waals surface area contributed by atoms with E-state index in [-0.39, 0.29) is 17.1 Å². The molecule has 1 aliphatic heterocycles. The highest BCUT2D eigenvalue weighted by molar-refractivity contribution is 5.75. The Morgan fingerprint density at radius 3 is 2.18 bits per heavy atom. The standard InChI is InChI=1S/C18H35NO3/c1-15-13-14-18(21)17(19(15)22)12-10-8-6-4-3-5-7-9-11-16(2)20/h15,17-19,21H,3-14H2,1-2H3. The number of unbranched alkanes of at least 4 members (excludes halogenated alkanes) is 7. The predicted molar refractivity (Wildman–Crippen MR) is 89.7 cm³/mol. The van der Waals surface area contributed by atoms with Gasteiger partial charge in [0, 0.05) is 19.3 Å². The van der Waals surface area contributed by atoms with Crippen LogP contribution in [-0.2, 0) is 4.79 Å². The SMILES string of the molecule is CC(=O)CCCCCCCCCCC1C(O)CCC(C)[NH+]1[O-]. The molecule has 1 fully saturated rings. The number of hydrogen-bond acceptors (Lipinski definition) is 3. The lowest BCUT2D eigenvalue weighted by Gasteiger charge is -2.43. The largest absolute Gasteiger partial charge is 0.634 e. The monoisotopic (exact) mass is 313 g/mol. The first-order valence-corrected chi connectivity index (χ1v) is 9.23. The number of carbonyl (C=O) groups is 1. The van der Waals surface area contributed by atoms with Gasteiger partial charge < -0.3 is 20.2 Å². The lowest BCUT2D eigenvalue weighted by Crippen LogP contribution is -3.17. The number of Topliss-reactive ketones (excluding diaryl/α,β-unsaturated/α-hetero) is 1. The minimum absolute atomic E-state index is 0.102. The van der Waals surface area contributed by atoms with Gasteiger partial charge in [0.1, 0.15) is 17.9 Å². The van der Waals surface area contributed by atoms with Crippen LogP contribution in [0.25, 0.3) is 0 Å². The average Bonchev–Trinajstić information content (AvgIpc) is 2.48. The Bertz CT molecular complexity index is 309. The van der Waals surface area contributed by atoms with Gasteiger partial charge in [-0.25, -0.2) is 0 Å². The number of aliphatic hydroxyl groups excluding tert-OH is 1. The fraction of sp³-hybridized carbons (Fsp3) is 0.944. The molecule has 4 heteroatoms. The van der Waals surface area contributed by atoms with Gasteiger partial charge in [-0.15, -0.1) is 0 Å². The van der Waals surface area contributed by atoms with Gasteiger partial charge in [-0.3, -0.25) is 0 Å². The van der Waals surface area contributed by atoms with Gasteiger partial charge in [-0.1, -0.05) is 38.5 Å². The maximum Gasteiger partial charge on any atom is 0.129 e. The summed E-state index contributed by atoms with van der Waals surface area (Å²) in [6, 6.07) is 0.0405. The molecular formula is C18H35NO3. The summed E-state index contributed by atoms with van der Waals surface area (Å²) in [5, 5.41) is 22.3. The van der Waals surface area contributed by atoms with Crippen molar-refractivity contribution < 1.29 is 15.0 Å². The zero-order valence-electron chi connectivity index (χ0n) is 14.5. The van der Waals surface area contributed by atoms with Gasteiger partial charge in [0.05, 0.1) is 6.04 Å². The van der Waals surface area contributed by atoms with E-state index in [0.717, 1.165) is 38.5 Å². The number of quaternary nitrogens is 1. The number of ketones is 1. The van der Waals surface area contributed by atoms with Crippen molar-refractivity contribution in [2.24, 2.45) is 0 Å². The van der Waals surface area contributed by atoms with Crippen molar-refractivity contribution in [2.45, 2.75) is 109 Å². The number of carbonyl (C=O) groups excluding carboxylic acids is 1. The molecule has 4 atom stereocenters. The van der Waals surface area contributed by atoms with Crippen LogP contribution in [0.2, 0.25) is 0 Å². The normalized spacial score (nSPS) is 28.7. The first-order valence-electron chi connectivity index (χ1n) is 9.23. The Morgan fingerprint density at radius 2 is 1.59 bits per heavy atom. The Labute approximate surface area is 135 Å². The zero-order valence-corrected chi connectivity index (χ0v) is 14.5. The van der Waals surface area contributed by atoms with Crippen LogP contribution >= 0.6 is 0 Å². The number of rotatable bonds is 11.